The summed E-state index contributed by atoms with van der Waals surface area (Å²) in [5.74, 6) is 0.505. The first-order valence-electron chi connectivity index (χ1n) is 8.80. The van der Waals surface area contributed by atoms with Crippen molar-refractivity contribution in [3.8, 4) is 5.75 Å². The Bertz CT molecular complexity index is 1120. The van der Waals surface area contributed by atoms with E-state index in [9.17, 15) is 9.90 Å². The monoisotopic (exact) mass is 373 g/mol. The molecule has 0 aliphatic carbocycles. The number of aliphatic hydroxyl groups is 1. The summed E-state index contributed by atoms with van der Waals surface area (Å²) in [4.78, 5) is 12.2. The van der Waals surface area contributed by atoms with Gasteiger partial charge in [0.1, 0.15) is 17.5 Å². The van der Waals surface area contributed by atoms with E-state index >= 15 is 0 Å². The second kappa shape index (κ2) is 7.54. The molecule has 0 aliphatic rings. The van der Waals surface area contributed by atoms with Gasteiger partial charge in [-0.25, -0.2) is 0 Å². The summed E-state index contributed by atoms with van der Waals surface area (Å²) in [6.07, 6.45) is 0.709. The van der Waals surface area contributed by atoms with Crippen molar-refractivity contribution < 1.29 is 14.6 Å². The second-order valence-corrected chi connectivity index (χ2v) is 6.42. The van der Waals surface area contributed by atoms with E-state index in [2.05, 4.69) is 15.5 Å². The summed E-state index contributed by atoms with van der Waals surface area (Å²) < 4.78 is 5.25. The van der Waals surface area contributed by atoms with E-state index in [0.29, 0.717) is 16.9 Å². The maximum atomic E-state index is 12.2. The van der Waals surface area contributed by atoms with Crippen molar-refractivity contribution in [2.75, 3.05) is 12.4 Å². The van der Waals surface area contributed by atoms with E-state index in [1.165, 1.54) is 6.20 Å². The smallest absolute Gasteiger partial charge is 0.273 e. The van der Waals surface area contributed by atoms with Crippen molar-refractivity contribution in [3.05, 3.63) is 89.7 Å². The van der Waals surface area contributed by atoms with Gasteiger partial charge < -0.3 is 15.2 Å². The van der Waals surface area contributed by atoms with Crippen LogP contribution in [0.15, 0.2) is 72.9 Å². The minimum atomic E-state index is -0.810. The molecular formula is C22H19N3O3. The largest absolute Gasteiger partial charge is 0.497 e. The maximum absolute atomic E-state index is 12.2. The number of carbonyl (C=O) groups excluding carboxylic acids is 1. The molecule has 0 fully saturated rings. The Morgan fingerprint density at radius 1 is 1.04 bits per heavy atom. The van der Waals surface area contributed by atoms with Crippen LogP contribution in [0.4, 0.5) is 5.69 Å². The number of carbonyl (C=O) groups is 1. The van der Waals surface area contributed by atoms with Gasteiger partial charge in [-0.2, -0.15) is 5.10 Å². The quantitative estimate of drug-likeness (QED) is 0.495. The predicted octanol–water partition coefficient (Wildman–Crippen LogP) is 3.91. The molecule has 0 aliphatic heterocycles. The van der Waals surface area contributed by atoms with Crippen LogP contribution in [0.1, 0.15) is 27.7 Å². The van der Waals surface area contributed by atoms with Crippen LogP contribution in [0.25, 0.3) is 10.8 Å². The molecule has 6 nitrogen and oxygen atoms in total. The number of aromatic nitrogens is 2. The normalized spacial score (nSPS) is 11.9. The molecular weight excluding hydrogens is 354 g/mol. The van der Waals surface area contributed by atoms with E-state index in [4.69, 9.17) is 4.74 Å². The van der Waals surface area contributed by atoms with Crippen LogP contribution in [-0.4, -0.2) is 28.3 Å². The lowest BCUT2D eigenvalue weighted by molar-refractivity contribution is 0.102. The standard InChI is InChI=1S/C22H19N3O3/c1-28-19-8-7-14-11-17(6-5-15(14)13-19)21(26)16-3-2-4-18(12-16)24-22(27)20-9-10-23-25-20/h2-13,21,26H,1H3,(H,23,25)(H,24,27). The number of nitrogens with one attached hydrogen (secondary N) is 2. The summed E-state index contributed by atoms with van der Waals surface area (Å²) in [5, 5.41) is 22.1. The highest BCUT2D eigenvalue weighted by Gasteiger charge is 2.13. The summed E-state index contributed by atoms with van der Waals surface area (Å²) in [6.45, 7) is 0. The molecule has 1 aromatic heterocycles. The first-order chi connectivity index (χ1) is 13.6. The highest BCUT2D eigenvalue weighted by atomic mass is 16.5. The molecule has 1 unspecified atom stereocenters. The minimum Gasteiger partial charge on any atom is -0.497 e. The molecule has 1 amide bonds. The van der Waals surface area contributed by atoms with Crippen molar-refractivity contribution in [1.82, 2.24) is 10.2 Å². The van der Waals surface area contributed by atoms with Crippen molar-refractivity contribution in [2.24, 2.45) is 0 Å². The number of aliphatic hydroxyl groups excluding tert-OH is 1. The number of amides is 1. The second-order valence-electron chi connectivity index (χ2n) is 6.42. The lowest BCUT2D eigenvalue weighted by Crippen LogP contribution is -2.12. The fourth-order valence-electron chi connectivity index (χ4n) is 3.10. The number of rotatable bonds is 5. The minimum absolute atomic E-state index is 0.288. The average molecular weight is 373 g/mol. The zero-order chi connectivity index (χ0) is 19.5. The third-order valence-corrected chi connectivity index (χ3v) is 4.59. The van der Waals surface area contributed by atoms with Crippen LogP contribution in [0.5, 0.6) is 5.75 Å². The number of nitrogens with zero attached hydrogens (tertiary/aromatic N) is 1. The molecule has 0 saturated heterocycles. The third kappa shape index (κ3) is 3.58. The van der Waals surface area contributed by atoms with Crippen molar-refractivity contribution in [2.45, 2.75) is 6.10 Å². The Morgan fingerprint density at radius 2 is 1.82 bits per heavy atom. The summed E-state index contributed by atoms with van der Waals surface area (Å²) in [5.41, 5.74) is 2.43. The lowest BCUT2D eigenvalue weighted by atomic mass is 9.98. The Morgan fingerprint density at radius 3 is 2.61 bits per heavy atom. The summed E-state index contributed by atoms with van der Waals surface area (Å²) >= 11 is 0. The van der Waals surface area contributed by atoms with E-state index in [0.717, 1.165) is 22.1 Å². The number of aromatic amines is 1. The molecule has 140 valence electrons. The number of ether oxygens (including phenoxy) is 1. The molecule has 4 aromatic rings. The van der Waals surface area contributed by atoms with Crippen LogP contribution >= 0.6 is 0 Å². The number of methoxy groups -OCH3 is 1. The summed E-state index contributed by atoms with van der Waals surface area (Å²) in [6, 6.07) is 20.4. The van der Waals surface area contributed by atoms with Crippen LogP contribution in [-0.2, 0) is 0 Å². The van der Waals surface area contributed by atoms with Crippen LogP contribution in [0.2, 0.25) is 0 Å². The van der Waals surface area contributed by atoms with E-state index in [1.54, 1.807) is 31.4 Å². The molecule has 1 atom stereocenters. The number of hydrogen-bond acceptors (Lipinski definition) is 4. The van der Waals surface area contributed by atoms with Gasteiger partial charge >= 0.3 is 0 Å². The highest BCUT2D eigenvalue weighted by molar-refractivity contribution is 6.02. The van der Waals surface area contributed by atoms with Gasteiger partial charge in [-0.05, 0) is 58.3 Å². The number of fused-ring (bicyclic) bond motifs is 1. The third-order valence-electron chi connectivity index (χ3n) is 4.59. The van der Waals surface area contributed by atoms with Crippen molar-refractivity contribution in [1.29, 1.82) is 0 Å². The average Bonchev–Trinajstić information content (AvgIpc) is 3.28. The summed E-state index contributed by atoms with van der Waals surface area (Å²) in [7, 11) is 1.64. The molecule has 0 saturated carbocycles. The fraction of sp³-hybridized carbons (Fsp3) is 0.0909. The van der Waals surface area contributed by atoms with E-state index in [-0.39, 0.29) is 5.91 Å². The highest BCUT2D eigenvalue weighted by Crippen LogP contribution is 2.28. The SMILES string of the molecule is COc1ccc2cc(C(O)c3cccc(NC(=O)c4ccn[nH]4)c3)ccc2c1. The van der Waals surface area contributed by atoms with Gasteiger partial charge in [-0.3, -0.25) is 9.89 Å². The first kappa shape index (κ1) is 17.8. The molecule has 1 heterocycles. The van der Waals surface area contributed by atoms with E-state index in [1.807, 2.05) is 42.5 Å². The molecule has 6 heteroatoms. The van der Waals surface area contributed by atoms with Crippen molar-refractivity contribution in [3.63, 3.8) is 0 Å². The van der Waals surface area contributed by atoms with Gasteiger partial charge in [0.25, 0.3) is 5.91 Å². The van der Waals surface area contributed by atoms with Gasteiger partial charge in [-0.1, -0.05) is 30.3 Å². The molecule has 3 N–H and O–H groups in total. The molecule has 0 spiro atoms. The molecule has 4 rings (SSSR count). The van der Waals surface area contributed by atoms with Gasteiger partial charge in [0.15, 0.2) is 0 Å². The molecule has 0 radical (unpaired) electrons. The molecule has 0 bridgehead atoms. The van der Waals surface area contributed by atoms with Gasteiger partial charge in [0, 0.05) is 11.9 Å². The van der Waals surface area contributed by atoms with E-state index < -0.39 is 6.10 Å². The van der Waals surface area contributed by atoms with Crippen LogP contribution in [0.3, 0.4) is 0 Å². The van der Waals surface area contributed by atoms with Gasteiger partial charge in [0.05, 0.1) is 7.11 Å². The zero-order valence-corrected chi connectivity index (χ0v) is 15.2. The Hall–Kier alpha value is -3.64. The number of H-pyrrole nitrogens is 1. The number of benzene rings is 3. The first-order valence-corrected chi connectivity index (χ1v) is 8.80. The number of hydrogen-bond donors (Lipinski definition) is 3. The Balaban J connectivity index is 1.58. The van der Waals surface area contributed by atoms with Crippen LogP contribution < -0.4 is 10.1 Å². The van der Waals surface area contributed by atoms with Gasteiger partial charge in [-0.15, -0.1) is 0 Å². The van der Waals surface area contributed by atoms with Gasteiger partial charge in [0.2, 0.25) is 0 Å². The maximum Gasteiger partial charge on any atom is 0.273 e. The molecule has 3 aromatic carbocycles. The van der Waals surface area contributed by atoms with Crippen LogP contribution in [0, 0.1) is 0 Å². The molecule has 28 heavy (non-hydrogen) atoms. The lowest BCUT2D eigenvalue weighted by Gasteiger charge is -2.14. The zero-order valence-electron chi connectivity index (χ0n) is 15.2. The number of anilines is 1. The van der Waals surface area contributed by atoms with Crippen molar-refractivity contribution >= 4 is 22.4 Å². The predicted molar refractivity (Wildman–Crippen MR) is 108 cm³/mol. The topological polar surface area (TPSA) is 87.2 Å². The fourth-order valence-corrected chi connectivity index (χ4v) is 3.10. The Kier molecular flexibility index (Phi) is 4.78. The Labute approximate surface area is 161 Å².